The summed E-state index contributed by atoms with van der Waals surface area (Å²) in [7, 11) is 1.04. The topological polar surface area (TPSA) is 49.8 Å². The van der Waals surface area contributed by atoms with Gasteiger partial charge >= 0.3 is 5.97 Å². The van der Waals surface area contributed by atoms with Crippen molar-refractivity contribution >= 4 is 17.3 Å². The summed E-state index contributed by atoms with van der Waals surface area (Å²) in [6.07, 6.45) is -1.41. The highest BCUT2D eigenvalue weighted by Gasteiger charge is 2.27. The summed E-state index contributed by atoms with van der Waals surface area (Å²) in [5.41, 5.74) is -1.72. The molecule has 32 heavy (non-hydrogen) atoms. The Kier molecular flexibility index (Phi) is 6.67. The third kappa shape index (κ3) is 4.37. The van der Waals surface area contributed by atoms with Gasteiger partial charge in [0.2, 0.25) is 0 Å². The van der Waals surface area contributed by atoms with Crippen LogP contribution >= 0.6 is 0 Å². The maximum atomic E-state index is 15.3. The second kappa shape index (κ2) is 9.25. The van der Waals surface area contributed by atoms with Gasteiger partial charge in [-0.3, -0.25) is 0 Å². The maximum Gasteiger partial charge on any atom is 0.344 e. The smallest absolute Gasteiger partial charge is 0.344 e. The van der Waals surface area contributed by atoms with Crippen molar-refractivity contribution in [3.8, 4) is 16.9 Å². The van der Waals surface area contributed by atoms with Gasteiger partial charge in [0.25, 0.3) is 0 Å². The van der Waals surface area contributed by atoms with Gasteiger partial charge in [0, 0.05) is 12.6 Å². The van der Waals surface area contributed by atoms with E-state index in [2.05, 4.69) is 0 Å². The minimum atomic E-state index is -1.40. The van der Waals surface area contributed by atoms with E-state index in [-0.39, 0.29) is 17.5 Å². The minimum Gasteiger partial charge on any atom is -0.479 e. The first kappa shape index (κ1) is 23.1. The Morgan fingerprint density at radius 2 is 1.59 bits per heavy atom. The van der Waals surface area contributed by atoms with Gasteiger partial charge in [-0.05, 0) is 48.4 Å². The largest absolute Gasteiger partial charge is 0.479 e. The predicted molar refractivity (Wildman–Crippen MR) is 109 cm³/mol. The zero-order valence-electron chi connectivity index (χ0n) is 17.0. The molecule has 0 aliphatic carbocycles. The second-order valence-electron chi connectivity index (χ2n) is 6.89. The number of ether oxygens (including phenoxy) is 1. The Morgan fingerprint density at radius 3 is 2.19 bits per heavy atom. The van der Waals surface area contributed by atoms with E-state index in [0.717, 1.165) is 43.4 Å². The molecule has 0 amide bonds. The highest BCUT2D eigenvalue weighted by molar-refractivity contribution is 5.75. The number of hydrogen-bond donors (Lipinski definition) is 1. The monoisotopic (exact) mass is 451 g/mol. The zero-order valence-corrected chi connectivity index (χ0v) is 17.0. The van der Waals surface area contributed by atoms with Gasteiger partial charge in [-0.1, -0.05) is 19.1 Å². The van der Waals surface area contributed by atoms with Crippen molar-refractivity contribution in [3.05, 3.63) is 77.6 Å². The van der Waals surface area contributed by atoms with Crippen LogP contribution in [-0.4, -0.2) is 24.2 Å². The van der Waals surface area contributed by atoms with Crippen LogP contribution in [0.4, 0.5) is 33.3 Å². The minimum absolute atomic E-state index is 0.00371. The lowest BCUT2D eigenvalue weighted by Crippen LogP contribution is -2.27. The molecule has 0 saturated carbocycles. The molecule has 0 saturated heterocycles. The molecule has 0 aromatic heterocycles. The van der Waals surface area contributed by atoms with Crippen LogP contribution in [0.2, 0.25) is 0 Å². The molecular weight excluding hydrogens is 433 g/mol. The first-order valence-corrected chi connectivity index (χ1v) is 9.50. The fourth-order valence-corrected chi connectivity index (χ4v) is 3.22. The second-order valence-corrected chi connectivity index (χ2v) is 6.89. The van der Waals surface area contributed by atoms with Crippen LogP contribution in [0, 0.1) is 29.1 Å². The molecule has 0 aliphatic rings. The number of carbonyl (C=O) groups is 1. The molecule has 0 heterocycles. The van der Waals surface area contributed by atoms with E-state index in [9.17, 15) is 18.0 Å². The molecule has 1 atom stereocenters. The number of carboxylic acid groups (broad SMARTS) is 1. The number of carboxylic acids is 1. The first-order chi connectivity index (χ1) is 15.1. The summed E-state index contributed by atoms with van der Waals surface area (Å²) >= 11 is 0. The molecule has 3 rings (SSSR count). The summed E-state index contributed by atoms with van der Waals surface area (Å²) in [4.78, 5) is 11.8. The van der Waals surface area contributed by atoms with Crippen LogP contribution in [0.25, 0.3) is 11.1 Å². The van der Waals surface area contributed by atoms with Gasteiger partial charge in [0.1, 0.15) is 28.8 Å². The van der Waals surface area contributed by atoms with Crippen molar-refractivity contribution < 1.29 is 36.6 Å². The van der Waals surface area contributed by atoms with Crippen molar-refractivity contribution in [2.75, 3.05) is 11.9 Å². The molecule has 0 aliphatic heterocycles. The average molecular weight is 451 g/mol. The molecule has 1 unspecified atom stereocenters. The van der Waals surface area contributed by atoms with Crippen LogP contribution in [-0.2, 0) is 4.79 Å². The molecule has 3 aromatic rings. The van der Waals surface area contributed by atoms with Crippen molar-refractivity contribution in [3.63, 3.8) is 0 Å². The molecule has 168 valence electrons. The number of halogens is 5. The zero-order chi connectivity index (χ0) is 23.6. The number of rotatable bonds is 7. The summed E-state index contributed by atoms with van der Waals surface area (Å²) in [5, 5.41) is 9.11. The van der Waals surface area contributed by atoms with E-state index in [4.69, 9.17) is 9.84 Å². The van der Waals surface area contributed by atoms with Crippen LogP contribution in [0.3, 0.4) is 0 Å². The SMILES string of the molecule is CCC(Oc1ccc(F)c(N(C)c2c(F)ccc(-c3cccc(F)c3)c2F)c1F)C(=O)O. The summed E-state index contributed by atoms with van der Waals surface area (Å²) in [6.45, 7) is 1.50. The third-order valence-electron chi connectivity index (χ3n) is 4.82. The number of anilines is 2. The van der Waals surface area contributed by atoms with Gasteiger partial charge < -0.3 is 14.7 Å². The van der Waals surface area contributed by atoms with E-state index in [1.807, 2.05) is 0 Å². The fourth-order valence-electron chi connectivity index (χ4n) is 3.22. The Morgan fingerprint density at radius 1 is 0.969 bits per heavy atom. The molecule has 0 fully saturated rings. The van der Waals surface area contributed by atoms with Crippen molar-refractivity contribution in [2.24, 2.45) is 0 Å². The molecule has 3 aromatic carbocycles. The van der Waals surface area contributed by atoms with Gasteiger partial charge in [-0.15, -0.1) is 0 Å². The van der Waals surface area contributed by atoms with E-state index in [0.29, 0.717) is 4.90 Å². The molecule has 0 bridgehead atoms. The molecule has 0 spiro atoms. The molecular formula is C23H18F5NO3. The van der Waals surface area contributed by atoms with E-state index in [1.54, 1.807) is 0 Å². The quantitative estimate of drug-likeness (QED) is 0.444. The lowest BCUT2D eigenvalue weighted by atomic mass is 10.0. The van der Waals surface area contributed by atoms with Gasteiger partial charge in [-0.2, -0.15) is 0 Å². The number of hydrogen-bond acceptors (Lipinski definition) is 3. The average Bonchev–Trinajstić information content (AvgIpc) is 2.73. The Labute approximate surface area is 180 Å². The summed E-state index contributed by atoms with van der Waals surface area (Å²) < 4.78 is 78.1. The Bertz CT molecular complexity index is 1170. The maximum absolute atomic E-state index is 15.3. The molecule has 9 heteroatoms. The summed E-state index contributed by atoms with van der Waals surface area (Å²) in [5.74, 6) is -7.37. The highest BCUT2D eigenvalue weighted by Crippen LogP contribution is 2.39. The van der Waals surface area contributed by atoms with Gasteiger partial charge in [0.15, 0.2) is 23.5 Å². The Balaban J connectivity index is 2.11. The molecule has 4 nitrogen and oxygen atoms in total. The van der Waals surface area contributed by atoms with E-state index >= 15 is 8.78 Å². The molecule has 1 N–H and O–H groups in total. The normalized spacial score (nSPS) is 11.8. The lowest BCUT2D eigenvalue weighted by molar-refractivity contribution is -0.145. The van der Waals surface area contributed by atoms with Gasteiger partial charge in [0.05, 0.1) is 0 Å². The number of nitrogens with zero attached hydrogens (tertiary/aromatic N) is 1. The highest BCUT2D eigenvalue weighted by atomic mass is 19.1. The van der Waals surface area contributed by atoms with Crippen LogP contribution in [0.5, 0.6) is 5.75 Å². The first-order valence-electron chi connectivity index (χ1n) is 9.50. The van der Waals surface area contributed by atoms with Gasteiger partial charge in [-0.25, -0.2) is 26.7 Å². The van der Waals surface area contributed by atoms with Crippen LogP contribution < -0.4 is 9.64 Å². The lowest BCUT2D eigenvalue weighted by Gasteiger charge is -2.24. The van der Waals surface area contributed by atoms with Crippen LogP contribution in [0.15, 0.2) is 48.5 Å². The van der Waals surface area contributed by atoms with Crippen molar-refractivity contribution in [2.45, 2.75) is 19.4 Å². The standard InChI is InChI=1S/C23H18F5NO3/c1-3-17(23(30)31)32-18-10-9-16(26)22(20(18)28)29(2)21-15(25)8-7-14(19(21)27)12-5-4-6-13(24)11-12/h4-11,17H,3H2,1-2H3,(H,30,31). The Hall–Kier alpha value is -3.62. The van der Waals surface area contributed by atoms with E-state index < -0.39 is 58.3 Å². The van der Waals surface area contributed by atoms with Crippen molar-refractivity contribution in [1.29, 1.82) is 0 Å². The van der Waals surface area contributed by atoms with Crippen molar-refractivity contribution in [1.82, 2.24) is 0 Å². The predicted octanol–water partition coefficient (Wildman–Crippen LogP) is 6.06. The summed E-state index contributed by atoms with van der Waals surface area (Å²) in [6, 6.07) is 8.58. The number of benzene rings is 3. The third-order valence-corrected chi connectivity index (χ3v) is 4.82. The van der Waals surface area contributed by atoms with E-state index in [1.165, 1.54) is 19.1 Å². The fraction of sp³-hybridized carbons (Fsp3) is 0.174. The number of aliphatic carboxylic acids is 1. The van der Waals surface area contributed by atoms with Crippen LogP contribution in [0.1, 0.15) is 13.3 Å². The molecule has 0 radical (unpaired) electrons.